The van der Waals surface area contributed by atoms with Crippen LogP contribution in [0.4, 0.5) is 0 Å². The Labute approximate surface area is 118 Å². The van der Waals surface area contributed by atoms with Crippen LogP contribution < -0.4 is 10.6 Å². The molecule has 0 aromatic heterocycles. The minimum atomic E-state index is 0.203. The van der Waals surface area contributed by atoms with Crippen molar-refractivity contribution >= 4 is 5.91 Å². The summed E-state index contributed by atoms with van der Waals surface area (Å²) in [7, 11) is 0. The molecule has 1 saturated heterocycles. The van der Waals surface area contributed by atoms with Crippen LogP contribution in [0.1, 0.15) is 52.9 Å². The zero-order chi connectivity index (χ0) is 14.1. The molecule has 2 N–H and O–H groups in total. The number of hydrogen-bond donors (Lipinski definition) is 2. The van der Waals surface area contributed by atoms with Crippen LogP contribution in [0.3, 0.4) is 0 Å². The van der Waals surface area contributed by atoms with Gasteiger partial charge in [-0.25, -0.2) is 0 Å². The van der Waals surface area contributed by atoms with Crippen LogP contribution in [0, 0.1) is 0 Å². The maximum atomic E-state index is 11.9. The number of nitrogens with one attached hydrogen (secondary N) is 2. The third kappa shape index (κ3) is 6.92. The van der Waals surface area contributed by atoms with Gasteiger partial charge in [-0.3, -0.25) is 4.79 Å². The molecule has 1 amide bonds. The van der Waals surface area contributed by atoms with Crippen molar-refractivity contribution in [2.24, 2.45) is 0 Å². The van der Waals surface area contributed by atoms with E-state index in [1.165, 1.54) is 6.42 Å². The van der Waals surface area contributed by atoms with E-state index in [0.717, 1.165) is 45.4 Å². The summed E-state index contributed by atoms with van der Waals surface area (Å²) in [5, 5.41) is 6.49. The second-order valence-electron chi connectivity index (χ2n) is 5.64. The zero-order valence-corrected chi connectivity index (χ0v) is 12.9. The molecule has 0 radical (unpaired) electrons. The smallest absolute Gasteiger partial charge is 0.221 e. The monoisotopic (exact) mass is 269 g/mol. The average molecular weight is 269 g/mol. The minimum Gasteiger partial charge on any atom is -0.354 e. The van der Waals surface area contributed by atoms with Gasteiger partial charge in [-0.2, -0.15) is 0 Å². The topological polar surface area (TPSA) is 44.4 Å². The molecule has 1 aliphatic heterocycles. The molecule has 0 aliphatic carbocycles. The Morgan fingerprint density at radius 2 is 2.16 bits per heavy atom. The van der Waals surface area contributed by atoms with E-state index in [9.17, 15) is 4.79 Å². The molecule has 1 rings (SSSR count). The highest BCUT2D eigenvalue weighted by molar-refractivity contribution is 5.76. The van der Waals surface area contributed by atoms with Gasteiger partial charge in [0.05, 0.1) is 0 Å². The highest BCUT2D eigenvalue weighted by Crippen LogP contribution is 2.09. The zero-order valence-electron chi connectivity index (χ0n) is 12.9. The number of carbonyl (C=O) groups excluding carboxylic acids is 1. The van der Waals surface area contributed by atoms with Crippen molar-refractivity contribution in [1.82, 2.24) is 15.5 Å². The molecule has 112 valence electrons. The van der Waals surface area contributed by atoms with Gasteiger partial charge in [-0.05, 0) is 58.8 Å². The molecule has 0 saturated carbocycles. The molecule has 0 aromatic carbocycles. The summed E-state index contributed by atoms with van der Waals surface area (Å²) in [6.45, 7) is 10.9. The molecule has 4 heteroatoms. The van der Waals surface area contributed by atoms with Gasteiger partial charge >= 0.3 is 0 Å². The van der Waals surface area contributed by atoms with Crippen molar-refractivity contribution in [1.29, 1.82) is 0 Å². The Balaban J connectivity index is 2.08. The van der Waals surface area contributed by atoms with Crippen molar-refractivity contribution < 1.29 is 4.79 Å². The summed E-state index contributed by atoms with van der Waals surface area (Å²) in [5.74, 6) is 0.203. The van der Waals surface area contributed by atoms with Crippen LogP contribution in [-0.2, 0) is 4.79 Å². The predicted octanol–water partition coefficient (Wildman–Crippen LogP) is 1.76. The first kappa shape index (κ1) is 16.4. The van der Waals surface area contributed by atoms with E-state index in [4.69, 9.17) is 0 Å². The molecular formula is C15H31N3O. The molecule has 0 bridgehead atoms. The Morgan fingerprint density at radius 3 is 2.74 bits per heavy atom. The molecule has 2 unspecified atom stereocenters. The first-order valence-corrected chi connectivity index (χ1v) is 7.90. The van der Waals surface area contributed by atoms with Crippen molar-refractivity contribution in [2.75, 3.05) is 26.2 Å². The van der Waals surface area contributed by atoms with E-state index in [1.54, 1.807) is 0 Å². The fraction of sp³-hybridized carbons (Fsp3) is 0.933. The lowest BCUT2D eigenvalue weighted by atomic mass is 10.1. The summed E-state index contributed by atoms with van der Waals surface area (Å²) in [4.78, 5) is 14.3. The number of rotatable bonds is 9. The van der Waals surface area contributed by atoms with Gasteiger partial charge < -0.3 is 15.5 Å². The van der Waals surface area contributed by atoms with Crippen LogP contribution in [-0.4, -0.2) is 49.1 Å². The quantitative estimate of drug-likeness (QED) is 0.670. The van der Waals surface area contributed by atoms with Gasteiger partial charge in [0, 0.05) is 18.5 Å². The summed E-state index contributed by atoms with van der Waals surface area (Å²) in [6, 6.07) is 0.701. The van der Waals surface area contributed by atoms with Crippen LogP contribution in [0.2, 0.25) is 0 Å². The summed E-state index contributed by atoms with van der Waals surface area (Å²) in [6.07, 6.45) is 5.21. The van der Waals surface area contributed by atoms with Gasteiger partial charge in [-0.1, -0.05) is 13.8 Å². The molecule has 0 spiro atoms. The lowest BCUT2D eigenvalue weighted by Gasteiger charge is -2.20. The van der Waals surface area contributed by atoms with Crippen LogP contribution in [0.25, 0.3) is 0 Å². The molecular weight excluding hydrogens is 238 g/mol. The van der Waals surface area contributed by atoms with Crippen LogP contribution >= 0.6 is 0 Å². The second kappa shape index (κ2) is 9.32. The van der Waals surface area contributed by atoms with Gasteiger partial charge in [-0.15, -0.1) is 0 Å². The van der Waals surface area contributed by atoms with Gasteiger partial charge in [0.2, 0.25) is 5.91 Å². The number of nitrogens with zero attached hydrogens (tertiary/aromatic N) is 1. The van der Waals surface area contributed by atoms with E-state index in [0.29, 0.717) is 18.5 Å². The van der Waals surface area contributed by atoms with Gasteiger partial charge in [0.15, 0.2) is 0 Å². The van der Waals surface area contributed by atoms with Crippen molar-refractivity contribution in [3.63, 3.8) is 0 Å². The van der Waals surface area contributed by atoms with Crippen molar-refractivity contribution in [2.45, 2.75) is 65.0 Å². The average Bonchev–Trinajstić information content (AvgIpc) is 2.87. The maximum absolute atomic E-state index is 11.9. The largest absolute Gasteiger partial charge is 0.354 e. The standard InChI is InChI=1S/C15H31N3O/c1-4-18(5-2)11-7-8-13(3)17-15(19)12-14-9-6-10-16-14/h13-14,16H,4-12H2,1-3H3,(H,17,19). The third-order valence-corrected chi connectivity index (χ3v) is 4.01. The summed E-state index contributed by atoms with van der Waals surface area (Å²) >= 11 is 0. The van der Waals surface area contributed by atoms with E-state index in [-0.39, 0.29) is 5.91 Å². The minimum absolute atomic E-state index is 0.203. The van der Waals surface area contributed by atoms with E-state index in [2.05, 4.69) is 36.3 Å². The van der Waals surface area contributed by atoms with E-state index in [1.807, 2.05) is 0 Å². The third-order valence-electron chi connectivity index (χ3n) is 4.01. The summed E-state index contributed by atoms with van der Waals surface area (Å²) in [5.41, 5.74) is 0. The first-order valence-electron chi connectivity index (χ1n) is 7.90. The van der Waals surface area contributed by atoms with E-state index >= 15 is 0 Å². The van der Waals surface area contributed by atoms with Gasteiger partial charge in [0.1, 0.15) is 0 Å². The summed E-state index contributed by atoms with van der Waals surface area (Å²) < 4.78 is 0. The number of carbonyl (C=O) groups is 1. The fourth-order valence-electron chi connectivity index (χ4n) is 2.72. The molecule has 2 atom stereocenters. The normalized spacial score (nSPS) is 20.7. The number of amides is 1. The van der Waals surface area contributed by atoms with Crippen LogP contribution in [0.5, 0.6) is 0 Å². The highest BCUT2D eigenvalue weighted by atomic mass is 16.1. The maximum Gasteiger partial charge on any atom is 0.221 e. The van der Waals surface area contributed by atoms with Gasteiger partial charge in [0.25, 0.3) is 0 Å². The van der Waals surface area contributed by atoms with E-state index < -0.39 is 0 Å². The first-order chi connectivity index (χ1) is 9.15. The Bertz CT molecular complexity index is 248. The van der Waals surface area contributed by atoms with Crippen LogP contribution in [0.15, 0.2) is 0 Å². The van der Waals surface area contributed by atoms with Crippen molar-refractivity contribution in [3.8, 4) is 0 Å². The Hall–Kier alpha value is -0.610. The SMILES string of the molecule is CCN(CC)CCCC(C)NC(=O)CC1CCCN1. The molecule has 19 heavy (non-hydrogen) atoms. The Morgan fingerprint density at radius 1 is 1.42 bits per heavy atom. The highest BCUT2D eigenvalue weighted by Gasteiger charge is 2.18. The second-order valence-corrected chi connectivity index (χ2v) is 5.64. The predicted molar refractivity (Wildman–Crippen MR) is 80.3 cm³/mol. The van der Waals surface area contributed by atoms with Crippen molar-refractivity contribution in [3.05, 3.63) is 0 Å². The molecule has 0 aromatic rings. The molecule has 1 heterocycles. The number of hydrogen-bond acceptors (Lipinski definition) is 3. The molecule has 1 aliphatic rings. The lowest BCUT2D eigenvalue weighted by molar-refractivity contribution is -0.122. The lowest BCUT2D eigenvalue weighted by Crippen LogP contribution is -2.37. The molecule has 1 fully saturated rings. The molecule has 4 nitrogen and oxygen atoms in total. The fourth-order valence-corrected chi connectivity index (χ4v) is 2.72. The Kier molecular flexibility index (Phi) is 8.07.